The molecule has 0 N–H and O–H groups in total. The van der Waals surface area contributed by atoms with Gasteiger partial charge in [-0.15, -0.1) is 0 Å². The molecule has 0 aromatic heterocycles. The molecule has 0 fully saturated rings. The maximum atomic E-state index is 10.9. The number of hydrogen-bond acceptors (Lipinski definition) is 3. The van der Waals surface area contributed by atoms with Crippen LogP contribution in [0.2, 0.25) is 0 Å². The first kappa shape index (κ1) is 10.1. The Bertz CT molecular complexity index is 381. The Kier molecular flexibility index (Phi) is 2.97. The number of aldehydes is 1. The molecule has 1 aliphatic rings. The predicted octanol–water partition coefficient (Wildman–Crippen LogP) is 0.154. The zero-order chi connectivity index (χ0) is 10.7. The van der Waals surface area contributed by atoms with Gasteiger partial charge in [0.1, 0.15) is 6.29 Å². The SMILES string of the molecule is O=CBN1Cc2ccccc2C[C@H]1C=O. The summed E-state index contributed by atoms with van der Waals surface area (Å²) in [5.41, 5.74) is 2.44. The van der Waals surface area contributed by atoms with Crippen molar-refractivity contribution >= 4 is 19.9 Å². The summed E-state index contributed by atoms with van der Waals surface area (Å²) in [4.78, 5) is 23.3. The zero-order valence-electron chi connectivity index (χ0n) is 8.43. The largest absolute Gasteiger partial charge is 0.326 e. The van der Waals surface area contributed by atoms with Crippen molar-refractivity contribution in [3.63, 3.8) is 0 Å². The van der Waals surface area contributed by atoms with E-state index in [9.17, 15) is 9.59 Å². The number of nitrogens with zero attached hydrogens (tertiary/aromatic N) is 1. The molecule has 0 radical (unpaired) electrons. The molecular weight excluding hydrogens is 189 g/mol. The molecule has 4 heteroatoms. The Morgan fingerprint density at radius 1 is 1.27 bits per heavy atom. The van der Waals surface area contributed by atoms with Gasteiger partial charge in [-0.05, 0) is 17.5 Å². The van der Waals surface area contributed by atoms with Gasteiger partial charge in [-0.2, -0.15) is 0 Å². The lowest BCUT2D eigenvalue weighted by Crippen LogP contribution is -2.44. The first-order chi connectivity index (χ1) is 7.35. The van der Waals surface area contributed by atoms with Crippen LogP contribution in [0.3, 0.4) is 0 Å². The highest BCUT2D eigenvalue weighted by Gasteiger charge is 2.25. The third kappa shape index (κ3) is 2.00. The Labute approximate surface area is 89.3 Å². The molecule has 1 aromatic carbocycles. The molecule has 2 rings (SSSR count). The predicted molar refractivity (Wildman–Crippen MR) is 59.4 cm³/mol. The second kappa shape index (κ2) is 4.40. The van der Waals surface area contributed by atoms with Gasteiger partial charge in [-0.25, -0.2) is 0 Å². The zero-order valence-corrected chi connectivity index (χ0v) is 8.43. The minimum atomic E-state index is -0.148. The van der Waals surface area contributed by atoms with Crippen molar-refractivity contribution in [3.05, 3.63) is 35.4 Å². The van der Waals surface area contributed by atoms with Crippen molar-refractivity contribution in [1.29, 1.82) is 0 Å². The van der Waals surface area contributed by atoms with Crippen LogP contribution in [-0.4, -0.2) is 30.7 Å². The van der Waals surface area contributed by atoms with E-state index in [4.69, 9.17) is 0 Å². The molecule has 15 heavy (non-hydrogen) atoms. The van der Waals surface area contributed by atoms with Gasteiger partial charge >= 0.3 is 0 Å². The van der Waals surface area contributed by atoms with E-state index in [1.165, 1.54) is 11.1 Å². The average molecular weight is 201 g/mol. The van der Waals surface area contributed by atoms with Crippen molar-refractivity contribution in [2.75, 3.05) is 0 Å². The van der Waals surface area contributed by atoms with Crippen molar-refractivity contribution in [2.24, 2.45) is 0 Å². The monoisotopic (exact) mass is 201 g/mol. The lowest BCUT2D eigenvalue weighted by molar-refractivity contribution is -0.111. The van der Waals surface area contributed by atoms with Crippen molar-refractivity contribution in [2.45, 2.75) is 19.0 Å². The molecule has 0 aliphatic carbocycles. The van der Waals surface area contributed by atoms with Crippen LogP contribution in [0.1, 0.15) is 11.1 Å². The van der Waals surface area contributed by atoms with Crippen LogP contribution >= 0.6 is 0 Å². The number of benzene rings is 1. The summed E-state index contributed by atoms with van der Waals surface area (Å²) in [7, 11) is 0.331. The molecule has 1 aliphatic heterocycles. The highest BCUT2D eigenvalue weighted by Crippen LogP contribution is 2.21. The van der Waals surface area contributed by atoms with Crippen LogP contribution in [0.25, 0.3) is 0 Å². The maximum absolute atomic E-state index is 10.9. The first-order valence-electron chi connectivity index (χ1n) is 5.05. The van der Waals surface area contributed by atoms with E-state index < -0.39 is 0 Å². The molecule has 0 spiro atoms. The van der Waals surface area contributed by atoms with E-state index in [0.29, 0.717) is 20.4 Å². The Balaban J connectivity index is 2.26. The fourth-order valence-electron chi connectivity index (χ4n) is 2.03. The van der Waals surface area contributed by atoms with Crippen molar-refractivity contribution in [3.8, 4) is 0 Å². The van der Waals surface area contributed by atoms with Gasteiger partial charge in [-0.1, -0.05) is 24.3 Å². The van der Waals surface area contributed by atoms with E-state index in [1.54, 1.807) is 0 Å². The molecule has 0 saturated carbocycles. The van der Waals surface area contributed by atoms with Gasteiger partial charge in [0.25, 0.3) is 7.41 Å². The van der Waals surface area contributed by atoms with Crippen LogP contribution in [0, 0.1) is 0 Å². The van der Waals surface area contributed by atoms with Gasteiger partial charge in [0.05, 0.1) is 12.2 Å². The minimum absolute atomic E-state index is 0.148. The normalized spacial score (nSPS) is 20.4. The van der Waals surface area contributed by atoms with E-state index in [1.807, 2.05) is 29.1 Å². The molecule has 1 aromatic rings. The maximum Gasteiger partial charge on any atom is 0.281 e. The number of carbonyl (C=O) groups excluding carboxylic acids is 2. The molecule has 0 unspecified atom stereocenters. The molecule has 1 atom stereocenters. The van der Waals surface area contributed by atoms with Gasteiger partial charge in [0.15, 0.2) is 0 Å². The summed E-state index contributed by atoms with van der Waals surface area (Å²) in [5, 5.41) is 0. The number of hydrogen-bond donors (Lipinski definition) is 0. The van der Waals surface area contributed by atoms with Crippen LogP contribution in [-0.2, 0) is 22.6 Å². The molecule has 0 amide bonds. The highest BCUT2D eigenvalue weighted by atomic mass is 16.1. The molecule has 3 nitrogen and oxygen atoms in total. The summed E-state index contributed by atoms with van der Waals surface area (Å²) < 4.78 is 0. The lowest BCUT2D eigenvalue weighted by Gasteiger charge is -2.32. The van der Waals surface area contributed by atoms with Crippen molar-refractivity contribution in [1.82, 2.24) is 4.81 Å². The lowest BCUT2D eigenvalue weighted by atomic mass is 9.84. The highest BCUT2D eigenvalue weighted by molar-refractivity contribution is 6.64. The minimum Gasteiger partial charge on any atom is -0.326 e. The van der Waals surface area contributed by atoms with E-state index in [-0.39, 0.29) is 6.04 Å². The van der Waals surface area contributed by atoms with Gasteiger partial charge in [0.2, 0.25) is 0 Å². The van der Waals surface area contributed by atoms with Crippen LogP contribution in [0.5, 0.6) is 0 Å². The first-order valence-corrected chi connectivity index (χ1v) is 5.05. The summed E-state index contributed by atoms with van der Waals surface area (Å²) in [6.07, 6.45) is 2.50. The smallest absolute Gasteiger partial charge is 0.281 e. The third-order valence-electron chi connectivity index (χ3n) is 2.86. The van der Waals surface area contributed by atoms with Gasteiger partial charge < -0.3 is 14.4 Å². The van der Waals surface area contributed by atoms with Crippen LogP contribution < -0.4 is 0 Å². The molecule has 0 bridgehead atoms. The third-order valence-corrected chi connectivity index (χ3v) is 2.86. The van der Waals surface area contributed by atoms with Crippen molar-refractivity contribution < 1.29 is 9.59 Å². The fraction of sp³-hybridized carbons (Fsp3) is 0.273. The topological polar surface area (TPSA) is 37.4 Å². The molecule has 76 valence electrons. The quantitative estimate of drug-likeness (QED) is 0.516. The second-order valence-corrected chi connectivity index (χ2v) is 3.77. The number of carbonyl (C=O) groups is 2. The Hall–Kier alpha value is -1.42. The summed E-state index contributed by atoms with van der Waals surface area (Å²) in [6.45, 7) is 0.693. The Morgan fingerprint density at radius 2 is 2.00 bits per heavy atom. The summed E-state index contributed by atoms with van der Waals surface area (Å²) >= 11 is 0. The van der Waals surface area contributed by atoms with Gasteiger partial charge in [-0.3, -0.25) is 0 Å². The van der Waals surface area contributed by atoms with E-state index in [2.05, 4.69) is 0 Å². The molecule has 1 heterocycles. The average Bonchev–Trinajstić information content (AvgIpc) is 2.28. The fourth-order valence-corrected chi connectivity index (χ4v) is 2.03. The number of rotatable bonds is 3. The summed E-state index contributed by atoms with van der Waals surface area (Å²) in [5.74, 6) is 0. The standard InChI is InChI=1S/C11H12BNO2/c14-7-11-5-9-3-1-2-4-10(9)6-13(11)12-8-15/h1-4,7-8,11-12H,5-6H2/t11-/m0/s1. The van der Waals surface area contributed by atoms with Crippen LogP contribution in [0.4, 0.5) is 0 Å². The van der Waals surface area contributed by atoms with Crippen LogP contribution in [0.15, 0.2) is 24.3 Å². The molecular formula is C11H12BNO2. The number of fused-ring (bicyclic) bond motifs is 1. The second-order valence-electron chi connectivity index (χ2n) is 3.77. The van der Waals surface area contributed by atoms with Gasteiger partial charge in [0, 0.05) is 6.54 Å². The summed E-state index contributed by atoms with van der Waals surface area (Å²) in [6, 6.07) is 7.91. The molecule has 0 saturated heterocycles. The van der Waals surface area contributed by atoms with E-state index >= 15 is 0 Å². The Morgan fingerprint density at radius 3 is 2.67 bits per heavy atom. The van der Waals surface area contributed by atoms with E-state index in [0.717, 1.165) is 12.5 Å².